The van der Waals surface area contributed by atoms with Crippen LogP contribution >= 0.6 is 0 Å². The van der Waals surface area contributed by atoms with E-state index >= 15 is 0 Å². The van der Waals surface area contributed by atoms with Crippen LogP contribution in [0.2, 0.25) is 0 Å². The van der Waals surface area contributed by atoms with Gasteiger partial charge in [-0.15, -0.1) is 0 Å². The van der Waals surface area contributed by atoms with E-state index in [0.29, 0.717) is 0 Å². The molecule has 6 aliphatic rings. The molecule has 0 aromatic heterocycles. The van der Waals surface area contributed by atoms with Crippen LogP contribution in [0, 0.1) is 0 Å². The van der Waals surface area contributed by atoms with Crippen LogP contribution in [0.25, 0.3) is 0 Å². The van der Waals surface area contributed by atoms with E-state index in [1.807, 2.05) is 0 Å². The number of nitrogens with zero attached hydrogens (tertiary/aromatic N) is 5. The highest BCUT2D eigenvalue weighted by Crippen LogP contribution is 2.51. The minimum absolute atomic E-state index is 0.00463. The van der Waals surface area contributed by atoms with Gasteiger partial charge in [-0.2, -0.15) is 0 Å². The van der Waals surface area contributed by atoms with Crippen molar-refractivity contribution in [3.05, 3.63) is 279 Å². The molecule has 0 radical (unpaired) electrons. The summed E-state index contributed by atoms with van der Waals surface area (Å²) in [4.78, 5) is 12.5. The van der Waals surface area contributed by atoms with Crippen molar-refractivity contribution in [2.24, 2.45) is 0 Å². The Balaban J connectivity index is 0.932. The van der Waals surface area contributed by atoms with Crippen LogP contribution in [0.15, 0.2) is 279 Å². The Bertz CT molecular complexity index is 4520. The Labute approximate surface area is 471 Å². The van der Waals surface area contributed by atoms with Gasteiger partial charge in [0.15, 0.2) is 0 Å². The van der Waals surface area contributed by atoms with Crippen molar-refractivity contribution < 1.29 is 4.74 Å². The number of para-hydroxylation sites is 9. The summed E-state index contributed by atoms with van der Waals surface area (Å²) in [6, 6.07) is 103. The number of rotatable bonds is 6. The second-order valence-electron chi connectivity index (χ2n) is 21.9. The van der Waals surface area contributed by atoms with Crippen LogP contribution < -0.4 is 78.4 Å². The van der Waals surface area contributed by atoms with E-state index in [2.05, 4.69) is 304 Å². The normalized spacial score (nSPS) is 13.9. The van der Waals surface area contributed by atoms with E-state index in [1.165, 1.54) is 71.9 Å². The van der Waals surface area contributed by atoms with Crippen molar-refractivity contribution in [1.82, 2.24) is 0 Å². The van der Waals surface area contributed by atoms with Gasteiger partial charge >= 0.3 is 0 Å². The van der Waals surface area contributed by atoms with Gasteiger partial charge < -0.3 is 29.2 Å². The fourth-order valence-corrected chi connectivity index (χ4v) is 14.7. The van der Waals surface area contributed by atoms with Crippen LogP contribution in [0.1, 0.15) is 0 Å². The molecule has 0 spiro atoms. The first-order valence-corrected chi connectivity index (χ1v) is 28.1. The predicted molar refractivity (Wildman–Crippen MR) is 340 cm³/mol. The van der Waals surface area contributed by atoms with Gasteiger partial charge in [-0.05, 0) is 146 Å². The third-order valence-electron chi connectivity index (χ3n) is 17.8. The molecule has 0 unspecified atom stereocenters. The zero-order valence-electron chi connectivity index (χ0n) is 43.9. The first kappa shape index (κ1) is 44.6. The summed E-state index contributed by atoms with van der Waals surface area (Å²) in [6.07, 6.45) is 0. The largest absolute Gasteiger partial charge is 0.458 e. The predicted octanol–water partition coefficient (Wildman–Crippen LogP) is 12.3. The lowest BCUT2D eigenvalue weighted by Crippen LogP contribution is -2.68. The van der Waals surface area contributed by atoms with E-state index < -0.39 is 0 Å². The summed E-state index contributed by atoms with van der Waals surface area (Å²) in [5, 5.41) is 0. The highest BCUT2D eigenvalue weighted by atomic mass is 16.5. The van der Waals surface area contributed by atoms with Crippen molar-refractivity contribution in [3.8, 4) is 11.5 Å². The number of benzene rings is 12. The third-order valence-corrected chi connectivity index (χ3v) is 17.8. The minimum Gasteiger partial charge on any atom is -0.458 e. The first-order valence-electron chi connectivity index (χ1n) is 28.1. The lowest BCUT2D eigenvalue weighted by atomic mass is 9.28. The smallest absolute Gasteiger partial charge is 0.256 e. The molecule has 0 fully saturated rings. The molecule has 0 saturated heterocycles. The Hall–Kier alpha value is -10.4. The van der Waals surface area contributed by atoms with E-state index in [-0.39, 0.29) is 20.1 Å². The van der Waals surface area contributed by atoms with Crippen LogP contribution in [0.5, 0.6) is 11.5 Å². The van der Waals surface area contributed by atoms with Crippen molar-refractivity contribution >= 4 is 155 Å². The maximum absolute atomic E-state index is 7.74. The molecule has 0 amide bonds. The first-order chi connectivity index (χ1) is 40.2. The Morgan fingerprint density at radius 2 is 0.605 bits per heavy atom. The van der Waals surface area contributed by atoms with Crippen molar-refractivity contribution in [2.75, 3.05) is 24.5 Å². The van der Waals surface area contributed by atoms with Gasteiger partial charge in [0.25, 0.3) is 20.1 Å². The van der Waals surface area contributed by atoms with E-state index in [0.717, 1.165) is 74.1 Å². The second-order valence-corrected chi connectivity index (χ2v) is 21.9. The van der Waals surface area contributed by atoms with Gasteiger partial charge in [0.05, 0.1) is 5.69 Å². The fourth-order valence-electron chi connectivity index (χ4n) is 14.7. The summed E-state index contributed by atoms with van der Waals surface area (Å²) in [6.45, 7) is -0.258. The zero-order valence-corrected chi connectivity index (χ0v) is 43.9. The molecule has 12 aromatic carbocycles. The third kappa shape index (κ3) is 6.26. The molecule has 6 aliphatic heterocycles. The van der Waals surface area contributed by atoms with Gasteiger partial charge in [0, 0.05) is 91.8 Å². The molecule has 0 aliphatic carbocycles. The summed E-state index contributed by atoms with van der Waals surface area (Å²) in [5.41, 5.74) is 28.3. The quantitative estimate of drug-likeness (QED) is 0.154. The molecule has 12 aromatic rings. The zero-order chi connectivity index (χ0) is 52.9. The van der Waals surface area contributed by atoms with Crippen LogP contribution in [-0.2, 0) is 0 Å². The highest BCUT2D eigenvalue weighted by molar-refractivity contribution is 7.05. The molecule has 6 nitrogen and oxygen atoms in total. The van der Waals surface area contributed by atoms with Gasteiger partial charge in [-0.25, -0.2) is 0 Å². The van der Waals surface area contributed by atoms with Gasteiger partial charge in [0.2, 0.25) is 0 Å². The van der Waals surface area contributed by atoms with E-state index in [1.54, 1.807) is 0 Å². The highest BCUT2D eigenvalue weighted by Gasteiger charge is 2.52. The van der Waals surface area contributed by atoms with Crippen LogP contribution in [0.3, 0.4) is 0 Å². The second kappa shape index (κ2) is 17.1. The standard InChI is InChI=1S/C72H46B3N5O/c1-6-24-47(25-7-1)76(48-26-8-2-9-27-48)52-42-64-69-65(43-52)79(51-32-14-5-15-33-51)63-45-67-58(44-57(63)74(69)54-35-17-21-39-60(54)77(64)49-28-10-3-11-29-49)75-56-37-19-23-41-62(56)80-61-40-22-18-36-55(61)73-53-34-16-20-38-59(53)78(50-30-12-4-13-31-50)66-46-68(81-67)71(75)72(80)70(66)73/h1-46H. The molecule has 6 heterocycles. The summed E-state index contributed by atoms with van der Waals surface area (Å²) in [5.74, 6) is 1.75. The molecule has 0 saturated carbocycles. The fraction of sp³-hybridized carbons (Fsp3) is 0. The summed E-state index contributed by atoms with van der Waals surface area (Å²) >= 11 is 0. The monoisotopic (exact) mass is 1030 g/mol. The van der Waals surface area contributed by atoms with Gasteiger partial charge in [-0.3, -0.25) is 0 Å². The Kier molecular flexibility index (Phi) is 9.40. The summed E-state index contributed by atoms with van der Waals surface area (Å²) < 4.78 is 7.74. The molecule has 18 rings (SSSR count). The van der Waals surface area contributed by atoms with Crippen LogP contribution in [-0.4, -0.2) is 20.1 Å². The molecule has 374 valence electrons. The molecule has 0 atom stereocenters. The molecule has 9 heteroatoms. The molecule has 81 heavy (non-hydrogen) atoms. The van der Waals surface area contributed by atoms with Gasteiger partial charge in [-0.1, -0.05) is 170 Å². The number of anilines is 15. The maximum atomic E-state index is 7.74. The van der Waals surface area contributed by atoms with Crippen LogP contribution in [0.4, 0.5) is 85.3 Å². The van der Waals surface area contributed by atoms with Crippen molar-refractivity contribution in [1.29, 1.82) is 0 Å². The number of hydrogen-bond acceptors (Lipinski definition) is 6. The van der Waals surface area contributed by atoms with E-state index in [9.17, 15) is 0 Å². The van der Waals surface area contributed by atoms with Crippen molar-refractivity contribution in [3.63, 3.8) is 0 Å². The topological polar surface area (TPSA) is 25.4 Å². The SMILES string of the molecule is c1ccc(N(c2ccccc2)c2cc3c4c(c2)N(c2ccccc2)c2cc5c(cc2B4c2ccccc2N3c2ccccc2)B2c3ccccc3N3c4ccccc4B4c6ccccc6N(c6ccccc6)c6cc(c2c3c64)O5)cc1. The molecule has 0 N–H and O–H groups in total. The minimum atomic E-state index is -0.131. The molecular formula is C72H46B3N5O. The number of fused-ring (bicyclic) bond motifs is 14. The average Bonchev–Trinajstić information content (AvgIpc) is 3.51. The van der Waals surface area contributed by atoms with E-state index in [4.69, 9.17) is 4.74 Å². The maximum Gasteiger partial charge on any atom is 0.256 e. The number of ether oxygens (including phenoxy) is 1. The summed E-state index contributed by atoms with van der Waals surface area (Å²) in [7, 11) is 0. The van der Waals surface area contributed by atoms with Gasteiger partial charge in [0.1, 0.15) is 11.5 Å². The molecule has 0 bridgehead atoms. The average molecular weight is 1030 g/mol. The lowest BCUT2D eigenvalue weighted by Gasteiger charge is -2.49. The number of hydrogen-bond donors (Lipinski definition) is 0. The Morgan fingerprint density at radius 1 is 0.247 bits per heavy atom. The lowest BCUT2D eigenvalue weighted by molar-refractivity contribution is 0.488. The Morgan fingerprint density at radius 3 is 1.07 bits per heavy atom. The van der Waals surface area contributed by atoms with Crippen molar-refractivity contribution in [2.45, 2.75) is 0 Å². The molecular weight excluding hydrogens is 983 g/mol.